The van der Waals surface area contributed by atoms with E-state index in [9.17, 15) is 9.59 Å². The summed E-state index contributed by atoms with van der Waals surface area (Å²) in [5.74, 6) is -0.885. The summed E-state index contributed by atoms with van der Waals surface area (Å²) in [6.07, 6.45) is 8.39. The molecule has 4 heteroatoms. The van der Waals surface area contributed by atoms with Crippen molar-refractivity contribution in [2.75, 3.05) is 13.2 Å². The van der Waals surface area contributed by atoms with Crippen LogP contribution >= 0.6 is 0 Å². The zero-order valence-corrected chi connectivity index (χ0v) is 14.7. The highest BCUT2D eigenvalue weighted by Crippen LogP contribution is 2.19. The van der Waals surface area contributed by atoms with Gasteiger partial charge < -0.3 is 9.47 Å². The molecule has 0 saturated heterocycles. The van der Waals surface area contributed by atoms with Crippen molar-refractivity contribution in [3.63, 3.8) is 0 Å². The first-order valence-electron chi connectivity index (χ1n) is 8.66. The maximum absolute atomic E-state index is 12.1. The van der Waals surface area contributed by atoms with Gasteiger partial charge in [-0.1, -0.05) is 53.0 Å². The quantitative estimate of drug-likeness (QED) is 0.231. The van der Waals surface area contributed by atoms with Gasteiger partial charge in [0.25, 0.3) is 0 Å². The van der Waals surface area contributed by atoms with Crippen molar-refractivity contribution in [2.24, 2.45) is 5.92 Å². The van der Waals surface area contributed by atoms with Crippen LogP contribution in [0.15, 0.2) is 11.6 Å². The molecule has 0 aromatic rings. The average Bonchev–Trinajstić information content (AvgIpc) is 2.52. The van der Waals surface area contributed by atoms with E-state index < -0.39 is 11.9 Å². The Balaban J connectivity index is 5.08. The Morgan fingerprint density at radius 1 is 0.818 bits per heavy atom. The highest BCUT2D eigenvalue weighted by molar-refractivity contribution is 6.14. The number of hydrogen-bond acceptors (Lipinski definition) is 4. The molecule has 4 nitrogen and oxygen atoms in total. The molecule has 0 aromatic heterocycles. The molecular weight excluding hydrogens is 280 g/mol. The molecule has 0 heterocycles. The Morgan fingerprint density at radius 3 is 1.77 bits per heavy atom. The molecule has 0 saturated carbocycles. The number of hydrogen-bond donors (Lipinski definition) is 0. The first-order valence-corrected chi connectivity index (χ1v) is 8.66. The molecule has 0 amide bonds. The molecule has 0 aliphatic carbocycles. The summed E-state index contributed by atoms with van der Waals surface area (Å²) >= 11 is 0. The number of esters is 2. The van der Waals surface area contributed by atoms with Crippen LogP contribution < -0.4 is 0 Å². The third-order valence-corrected chi connectivity index (χ3v) is 3.30. The van der Waals surface area contributed by atoms with E-state index in [0.29, 0.717) is 13.2 Å². The zero-order chi connectivity index (χ0) is 16.8. The van der Waals surface area contributed by atoms with Gasteiger partial charge >= 0.3 is 11.9 Å². The van der Waals surface area contributed by atoms with E-state index in [0.717, 1.165) is 44.9 Å². The van der Waals surface area contributed by atoms with E-state index in [4.69, 9.17) is 9.47 Å². The highest BCUT2D eigenvalue weighted by Gasteiger charge is 2.23. The summed E-state index contributed by atoms with van der Waals surface area (Å²) in [6, 6.07) is 0. The van der Waals surface area contributed by atoms with Crippen LogP contribution in [0.3, 0.4) is 0 Å². The van der Waals surface area contributed by atoms with Crippen molar-refractivity contribution in [3.05, 3.63) is 11.6 Å². The molecule has 1 unspecified atom stereocenters. The molecule has 0 spiro atoms. The monoisotopic (exact) mass is 312 g/mol. The predicted molar refractivity (Wildman–Crippen MR) is 88.5 cm³/mol. The summed E-state index contributed by atoms with van der Waals surface area (Å²) in [7, 11) is 0. The lowest BCUT2D eigenvalue weighted by atomic mass is 9.94. The van der Waals surface area contributed by atoms with Crippen LogP contribution in [-0.4, -0.2) is 25.2 Å². The van der Waals surface area contributed by atoms with Crippen LogP contribution in [0.4, 0.5) is 0 Å². The first kappa shape index (κ1) is 20.7. The Labute approximate surface area is 135 Å². The van der Waals surface area contributed by atoms with Gasteiger partial charge in [-0.2, -0.15) is 0 Å². The van der Waals surface area contributed by atoms with E-state index in [-0.39, 0.29) is 11.5 Å². The fourth-order valence-electron chi connectivity index (χ4n) is 2.15. The van der Waals surface area contributed by atoms with E-state index in [2.05, 4.69) is 13.8 Å². The smallest absolute Gasteiger partial charge is 0.345 e. The molecule has 0 radical (unpaired) electrons. The molecule has 0 fully saturated rings. The Bertz CT molecular complexity index is 325. The molecule has 0 bridgehead atoms. The fourth-order valence-corrected chi connectivity index (χ4v) is 2.15. The number of ether oxygens (including phenoxy) is 2. The summed E-state index contributed by atoms with van der Waals surface area (Å²) in [5, 5.41) is 0. The van der Waals surface area contributed by atoms with Gasteiger partial charge in [0, 0.05) is 0 Å². The Kier molecular flexibility index (Phi) is 12.5. The number of carbonyl (C=O) groups is 2. The van der Waals surface area contributed by atoms with Gasteiger partial charge in [0.15, 0.2) is 0 Å². The second kappa shape index (κ2) is 13.4. The second-order valence-corrected chi connectivity index (χ2v) is 5.54. The first-order chi connectivity index (χ1) is 10.6. The van der Waals surface area contributed by atoms with E-state index >= 15 is 0 Å². The molecule has 1 atom stereocenters. The SMILES string of the molecule is CCCCC(C=C(C(=O)OCCC)C(=O)OCCC)CCC. The van der Waals surface area contributed by atoms with Crippen LogP contribution in [0.5, 0.6) is 0 Å². The molecule has 0 aliphatic rings. The van der Waals surface area contributed by atoms with Gasteiger partial charge in [-0.05, 0) is 31.6 Å². The minimum atomic E-state index is -0.555. The normalized spacial score (nSPS) is 11.6. The van der Waals surface area contributed by atoms with Crippen LogP contribution in [0.1, 0.15) is 72.6 Å². The molecule has 128 valence electrons. The molecule has 0 N–H and O–H groups in total. The molecular formula is C18H32O4. The minimum absolute atomic E-state index is 0.0662. The zero-order valence-electron chi connectivity index (χ0n) is 14.7. The summed E-state index contributed by atoms with van der Waals surface area (Å²) in [5.41, 5.74) is 0.0662. The van der Waals surface area contributed by atoms with Crippen molar-refractivity contribution in [1.29, 1.82) is 0 Å². The Morgan fingerprint density at radius 2 is 1.36 bits per heavy atom. The van der Waals surface area contributed by atoms with Crippen molar-refractivity contribution in [2.45, 2.75) is 72.6 Å². The van der Waals surface area contributed by atoms with Crippen molar-refractivity contribution in [1.82, 2.24) is 0 Å². The highest BCUT2D eigenvalue weighted by atomic mass is 16.6. The fraction of sp³-hybridized carbons (Fsp3) is 0.778. The third-order valence-electron chi connectivity index (χ3n) is 3.30. The molecule has 0 aromatic carbocycles. The molecule has 22 heavy (non-hydrogen) atoms. The summed E-state index contributed by atoms with van der Waals surface area (Å²) < 4.78 is 10.3. The van der Waals surface area contributed by atoms with Gasteiger partial charge in [-0.25, -0.2) is 9.59 Å². The van der Waals surface area contributed by atoms with E-state index in [1.54, 1.807) is 6.08 Å². The van der Waals surface area contributed by atoms with Gasteiger partial charge in [-0.3, -0.25) is 0 Å². The van der Waals surface area contributed by atoms with Crippen LogP contribution in [-0.2, 0) is 19.1 Å². The topological polar surface area (TPSA) is 52.6 Å². The molecule has 0 rings (SSSR count). The average molecular weight is 312 g/mol. The van der Waals surface area contributed by atoms with Gasteiger partial charge in [-0.15, -0.1) is 0 Å². The van der Waals surface area contributed by atoms with Crippen molar-refractivity contribution in [3.8, 4) is 0 Å². The van der Waals surface area contributed by atoms with Crippen LogP contribution in [0, 0.1) is 5.92 Å². The maximum atomic E-state index is 12.1. The Hall–Kier alpha value is -1.32. The predicted octanol–water partition coefficient (Wildman–Crippen LogP) is 4.43. The largest absolute Gasteiger partial charge is 0.462 e. The number of carbonyl (C=O) groups excluding carboxylic acids is 2. The van der Waals surface area contributed by atoms with E-state index in [1.807, 2.05) is 13.8 Å². The van der Waals surface area contributed by atoms with Crippen LogP contribution in [0.25, 0.3) is 0 Å². The standard InChI is InChI=1S/C18H32O4/c1-5-9-11-15(10-6-2)14-16(17(19)21-12-7-3)18(20)22-13-8-4/h14-15H,5-13H2,1-4H3. The third kappa shape index (κ3) is 8.85. The van der Waals surface area contributed by atoms with Gasteiger partial charge in [0.1, 0.15) is 5.57 Å². The molecule has 0 aliphatic heterocycles. The van der Waals surface area contributed by atoms with Crippen molar-refractivity contribution >= 4 is 11.9 Å². The van der Waals surface area contributed by atoms with Crippen molar-refractivity contribution < 1.29 is 19.1 Å². The number of unbranched alkanes of at least 4 members (excludes halogenated alkanes) is 1. The lowest BCUT2D eigenvalue weighted by Gasteiger charge is -2.14. The van der Waals surface area contributed by atoms with Gasteiger partial charge in [0.2, 0.25) is 0 Å². The maximum Gasteiger partial charge on any atom is 0.345 e. The lowest BCUT2D eigenvalue weighted by molar-refractivity contribution is -0.147. The second-order valence-electron chi connectivity index (χ2n) is 5.54. The van der Waals surface area contributed by atoms with Gasteiger partial charge in [0.05, 0.1) is 13.2 Å². The summed E-state index contributed by atoms with van der Waals surface area (Å²) in [6.45, 7) is 8.74. The summed E-state index contributed by atoms with van der Waals surface area (Å²) in [4.78, 5) is 24.3. The lowest BCUT2D eigenvalue weighted by Crippen LogP contribution is -2.20. The minimum Gasteiger partial charge on any atom is -0.462 e. The number of rotatable bonds is 12. The number of allylic oxidation sites excluding steroid dienone is 1. The van der Waals surface area contributed by atoms with E-state index in [1.165, 1.54) is 0 Å². The van der Waals surface area contributed by atoms with Crippen LogP contribution in [0.2, 0.25) is 0 Å².